The maximum absolute atomic E-state index is 11.6. The third kappa shape index (κ3) is 3.53. The molecule has 0 aliphatic heterocycles. The van der Waals surface area contributed by atoms with Crippen molar-refractivity contribution in [2.45, 2.75) is 6.42 Å². The molecule has 15 heavy (non-hydrogen) atoms. The monoisotopic (exact) mass is 202 g/mol. The SMILES string of the molecule is CN(C)CCC(=O)c1ccc(C#N)cc1. The van der Waals surface area contributed by atoms with E-state index in [1.165, 1.54) is 0 Å². The van der Waals surface area contributed by atoms with Gasteiger partial charge in [0, 0.05) is 18.5 Å². The third-order valence-electron chi connectivity index (χ3n) is 2.12. The van der Waals surface area contributed by atoms with Gasteiger partial charge in [0.15, 0.2) is 5.78 Å². The number of rotatable bonds is 4. The van der Waals surface area contributed by atoms with Crippen LogP contribution in [0.1, 0.15) is 22.3 Å². The minimum Gasteiger partial charge on any atom is -0.309 e. The van der Waals surface area contributed by atoms with Crippen molar-refractivity contribution < 1.29 is 4.79 Å². The van der Waals surface area contributed by atoms with Gasteiger partial charge in [0.2, 0.25) is 0 Å². The summed E-state index contributed by atoms with van der Waals surface area (Å²) in [4.78, 5) is 13.6. The lowest BCUT2D eigenvalue weighted by Crippen LogP contribution is -2.16. The largest absolute Gasteiger partial charge is 0.309 e. The average molecular weight is 202 g/mol. The van der Waals surface area contributed by atoms with Crippen molar-refractivity contribution in [3.8, 4) is 6.07 Å². The summed E-state index contributed by atoms with van der Waals surface area (Å²) < 4.78 is 0. The van der Waals surface area contributed by atoms with Crippen molar-refractivity contribution in [1.29, 1.82) is 5.26 Å². The molecule has 1 rings (SSSR count). The molecule has 0 atom stereocenters. The highest BCUT2D eigenvalue weighted by Crippen LogP contribution is 2.06. The van der Waals surface area contributed by atoms with Crippen LogP contribution in [-0.4, -0.2) is 31.3 Å². The van der Waals surface area contributed by atoms with Gasteiger partial charge in [0.25, 0.3) is 0 Å². The normalized spacial score (nSPS) is 10.0. The van der Waals surface area contributed by atoms with Gasteiger partial charge in [-0.1, -0.05) is 12.1 Å². The van der Waals surface area contributed by atoms with E-state index in [0.29, 0.717) is 17.5 Å². The molecule has 1 aromatic carbocycles. The quantitative estimate of drug-likeness (QED) is 0.698. The van der Waals surface area contributed by atoms with Crippen LogP contribution in [0, 0.1) is 11.3 Å². The summed E-state index contributed by atoms with van der Waals surface area (Å²) in [5.74, 6) is 0.119. The molecule has 0 N–H and O–H groups in total. The first kappa shape index (κ1) is 11.4. The first-order valence-corrected chi connectivity index (χ1v) is 4.81. The number of ketones is 1. The van der Waals surface area contributed by atoms with Crippen molar-refractivity contribution in [2.24, 2.45) is 0 Å². The highest BCUT2D eigenvalue weighted by atomic mass is 16.1. The number of carbonyl (C=O) groups is 1. The van der Waals surface area contributed by atoms with E-state index in [2.05, 4.69) is 0 Å². The van der Waals surface area contributed by atoms with Crippen molar-refractivity contribution in [2.75, 3.05) is 20.6 Å². The minimum atomic E-state index is 0.119. The first-order valence-electron chi connectivity index (χ1n) is 4.81. The van der Waals surface area contributed by atoms with Crippen molar-refractivity contribution in [1.82, 2.24) is 4.90 Å². The summed E-state index contributed by atoms with van der Waals surface area (Å²) in [6.07, 6.45) is 0.513. The predicted octanol–water partition coefficient (Wildman–Crippen LogP) is 1.69. The number of carbonyl (C=O) groups excluding carboxylic acids is 1. The Hall–Kier alpha value is -1.66. The lowest BCUT2D eigenvalue weighted by atomic mass is 10.1. The Morgan fingerprint density at radius 3 is 2.40 bits per heavy atom. The molecule has 0 saturated heterocycles. The van der Waals surface area contributed by atoms with Gasteiger partial charge in [0.05, 0.1) is 11.6 Å². The molecule has 0 saturated carbocycles. The number of nitriles is 1. The van der Waals surface area contributed by atoms with E-state index >= 15 is 0 Å². The lowest BCUT2D eigenvalue weighted by molar-refractivity contribution is 0.0972. The van der Waals surface area contributed by atoms with Crippen LogP contribution in [0.2, 0.25) is 0 Å². The standard InChI is InChI=1S/C12H14N2O/c1-14(2)8-7-12(15)11-5-3-10(9-13)4-6-11/h3-6H,7-8H2,1-2H3. The smallest absolute Gasteiger partial charge is 0.164 e. The van der Waals surface area contributed by atoms with Crippen LogP contribution in [-0.2, 0) is 0 Å². The maximum Gasteiger partial charge on any atom is 0.164 e. The van der Waals surface area contributed by atoms with Crippen molar-refractivity contribution >= 4 is 5.78 Å². The van der Waals surface area contributed by atoms with Gasteiger partial charge in [-0.2, -0.15) is 5.26 Å². The van der Waals surface area contributed by atoms with Crippen LogP contribution < -0.4 is 0 Å². The van der Waals surface area contributed by atoms with E-state index < -0.39 is 0 Å². The molecule has 0 fully saturated rings. The Morgan fingerprint density at radius 2 is 1.93 bits per heavy atom. The topological polar surface area (TPSA) is 44.1 Å². The molecular formula is C12H14N2O. The molecule has 0 aliphatic rings. The Kier molecular flexibility index (Phi) is 4.02. The Balaban J connectivity index is 2.63. The van der Waals surface area contributed by atoms with Crippen molar-refractivity contribution in [3.05, 3.63) is 35.4 Å². The summed E-state index contributed by atoms with van der Waals surface area (Å²) in [7, 11) is 3.87. The fourth-order valence-corrected chi connectivity index (χ4v) is 1.20. The summed E-state index contributed by atoms with van der Waals surface area (Å²) >= 11 is 0. The lowest BCUT2D eigenvalue weighted by Gasteiger charge is -2.08. The van der Waals surface area contributed by atoms with Gasteiger partial charge in [0.1, 0.15) is 0 Å². The maximum atomic E-state index is 11.6. The zero-order chi connectivity index (χ0) is 11.3. The van der Waals surface area contributed by atoms with Crippen LogP contribution >= 0.6 is 0 Å². The number of nitrogens with zero attached hydrogens (tertiary/aromatic N) is 2. The summed E-state index contributed by atoms with van der Waals surface area (Å²) in [6.45, 7) is 0.749. The fraction of sp³-hybridized carbons (Fsp3) is 0.333. The first-order chi connectivity index (χ1) is 7.13. The van der Waals surface area contributed by atoms with Gasteiger partial charge < -0.3 is 4.90 Å². The molecule has 3 nitrogen and oxygen atoms in total. The zero-order valence-corrected chi connectivity index (χ0v) is 9.03. The number of hydrogen-bond donors (Lipinski definition) is 0. The van der Waals surface area contributed by atoms with Gasteiger partial charge in [-0.3, -0.25) is 4.79 Å². The second-order valence-corrected chi connectivity index (χ2v) is 3.67. The van der Waals surface area contributed by atoms with Gasteiger partial charge in [-0.05, 0) is 26.2 Å². The van der Waals surface area contributed by atoms with E-state index in [1.54, 1.807) is 24.3 Å². The molecule has 0 radical (unpaired) electrons. The molecule has 0 unspecified atom stereocenters. The minimum absolute atomic E-state index is 0.119. The van der Waals surface area contributed by atoms with Crippen LogP contribution in [0.15, 0.2) is 24.3 Å². The molecular weight excluding hydrogens is 188 g/mol. The highest BCUT2D eigenvalue weighted by Gasteiger charge is 2.05. The molecule has 78 valence electrons. The van der Waals surface area contributed by atoms with Crippen LogP contribution in [0.3, 0.4) is 0 Å². The molecule has 0 spiro atoms. The van der Waals surface area contributed by atoms with Crippen LogP contribution in [0.25, 0.3) is 0 Å². The Bertz CT molecular complexity index is 374. The number of Topliss-reactive ketones (excluding diaryl/α,β-unsaturated/α-hetero) is 1. The number of benzene rings is 1. The van der Waals surface area contributed by atoms with E-state index in [4.69, 9.17) is 5.26 Å². The summed E-state index contributed by atoms with van der Waals surface area (Å²) in [6, 6.07) is 8.77. The average Bonchev–Trinajstić information content (AvgIpc) is 2.26. The molecule has 1 aromatic rings. The molecule has 0 bridgehead atoms. The van der Waals surface area contributed by atoms with Gasteiger partial charge >= 0.3 is 0 Å². The van der Waals surface area contributed by atoms with E-state index in [0.717, 1.165) is 6.54 Å². The van der Waals surface area contributed by atoms with E-state index in [1.807, 2.05) is 25.1 Å². The summed E-state index contributed by atoms with van der Waals surface area (Å²) in [5.41, 5.74) is 1.26. The number of hydrogen-bond acceptors (Lipinski definition) is 3. The molecule has 0 amide bonds. The molecule has 3 heteroatoms. The molecule has 0 aromatic heterocycles. The van der Waals surface area contributed by atoms with E-state index in [-0.39, 0.29) is 5.78 Å². The summed E-state index contributed by atoms with van der Waals surface area (Å²) in [5, 5.41) is 8.60. The fourth-order valence-electron chi connectivity index (χ4n) is 1.20. The highest BCUT2D eigenvalue weighted by molar-refractivity contribution is 5.96. The molecule has 0 aliphatic carbocycles. The van der Waals surface area contributed by atoms with Crippen LogP contribution in [0.5, 0.6) is 0 Å². The van der Waals surface area contributed by atoms with Gasteiger partial charge in [-0.15, -0.1) is 0 Å². The van der Waals surface area contributed by atoms with Crippen LogP contribution in [0.4, 0.5) is 0 Å². The predicted molar refractivity (Wildman–Crippen MR) is 58.7 cm³/mol. The zero-order valence-electron chi connectivity index (χ0n) is 9.03. The Morgan fingerprint density at radius 1 is 1.33 bits per heavy atom. The van der Waals surface area contributed by atoms with Crippen molar-refractivity contribution in [3.63, 3.8) is 0 Å². The van der Waals surface area contributed by atoms with Gasteiger partial charge in [-0.25, -0.2) is 0 Å². The van der Waals surface area contributed by atoms with E-state index in [9.17, 15) is 4.79 Å². The Labute approximate surface area is 89.9 Å². The third-order valence-corrected chi connectivity index (χ3v) is 2.12. The second-order valence-electron chi connectivity index (χ2n) is 3.67. The second kappa shape index (κ2) is 5.28. The molecule has 0 heterocycles.